The lowest BCUT2D eigenvalue weighted by atomic mass is 9.54. The van der Waals surface area contributed by atoms with E-state index in [0.717, 1.165) is 6.61 Å². The van der Waals surface area contributed by atoms with Crippen molar-refractivity contribution in [2.45, 2.75) is 54.6 Å². The summed E-state index contributed by atoms with van der Waals surface area (Å²) in [5.74, 6) is 0. The molecule has 1 aliphatic heterocycles. The second-order valence-corrected chi connectivity index (χ2v) is 6.71. The van der Waals surface area contributed by atoms with Crippen LogP contribution in [0.2, 0.25) is 0 Å². The van der Waals surface area contributed by atoms with Gasteiger partial charge in [0.2, 0.25) is 0 Å². The molecule has 15 heavy (non-hydrogen) atoms. The Labute approximate surface area is 93.9 Å². The van der Waals surface area contributed by atoms with Crippen LogP contribution < -0.4 is 0 Å². The Morgan fingerprint density at radius 3 is 2.07 bits per heavy atom. The second kappa shape index (κ2) is 2.68. The van der Waals surface area contributed by atoms with Crippen molar-refractivity contribution < 1.29 is 4.74 Å². The highest BCUT2D eigenvalue weighted by Gasteiger charge is 2.65. The van der Waals surface area contributed by atoms with Crippen molar-refractivity contribution >= 4 is 0 Å². The number of fused-ring (bicyclic) bond motifs is 1. The highest BCUT2D eigenvalue weighted by Crippen LogP contribution is 2.67. The largest absolute Gasteiger partial charge is 0.373 e. The number of hydrogen-bond acceptors (Lipinski definition) is 1. The fraction of sp³-hybridized carbons (Fsp3) is 0.857. The summed E-state index contributed by atoms with van der Waals surface area (Å²) in [6.45, 7) is 17.3. The zero-order chi connectivity index (χ0) is 11.6. The molecule has 1 saturated heterocycles. The first-order valence-electron chi connectivity index (χ1n) is 5.96. The summed E-state index contributed by atoms with van der Waals surface area (Å²) in [6, 6.07) is 0. The standard InChI is InChI=1S/C14H24O/c1-9-10(2)13(5,6)14(7)11(9)15-8-12(14,3)4/h11H,8H2,1-7H3/t11-,14+/m1/s1. The third-order valence-corrected chi connectivity index (χ3v) is 5.76. The molecule has 86 valence electrons. The number of hydrogen-bond donors (Lipinski definition) is 0. The lowest BCUT2D eigenvalue weighted by Gasteiger charge is -2.47. The summed E-state index contributed by atoms with van der Waals surface area (Å²) >= 11 is 0. The summed E-state index contributed by atoms with van der Waals surface area (Å²) in [7, 11) is 0. The molecule has 2 atom stereocenters. The van der Waals surface area contributed by atoms with E-state index < -0.39 is 0 Å². The molecule has 0 N–H and O–H groups in total. The molecule has 0 saturated carbocycles. The van der Waals surface area contributed by atoms with E-state index in [4.69, 9.17) is 4.74 Å². The monoisotopic (exact) mass is 208 g/mol. The summed E-state index contributed by atoms with van der Waals surface area (Å²) in [5.41, 5.74) is 3.76. The van der Waals surface area contributed by atoms with Crippen LogP contribution in [0.25, 0.3) is 0 Å². The Morgan fingerprint density at radius 1 is 1.07 bits per heavy atom. The van der Waals surface area contributed by atoms with E-state index in [0.29, 0.717) is 6.10 Å². The number of rotatable bonds is 0. The first-order chi connectivity index (χ1) is 6.66. The normalized spacial score (nSPS) is 42.2. The zero-order valence-electron chi connectivity index (χ0n) is 11.2. The van der Waals surface area contributed by atoms with Gasteiger partial charge in [-0.25, -0.2) is 0 Å². The van der Waals surface area contributed by atoms with E-state index >= 15 is 0 Å². The van der Waals surface area contributed by atoms with Gasteiger partial charge >= 0.3 is 0 Å². The van der Waals surface area contributed by atoms with Crippen molar-refractivity contribution in [1.29, 1.82) is 0 Å². The molecule has 0 aromatic heterocycles. The predicted octanol–water partition coefficient (Wildman–Crippen LogP) is 3.79. The van der Waals surface area contributed by atoms with Gasteiger partial charge in [0.1, 0.15) is 0 Å². The van der Waals surface area contributed by atoms with Gasteiger partial charge in [0.05, 0.1) is 12.7 Å². The Hall–Kier alpha value is -0.300. The van der Waals surface area contributed by atoms with Gasteiger partial charge in [-0.2, -0.15) is 0 Å². The van der Waals surface area contributed by atoms with Gasteiger partial charge in [-0.15, -0.1) is 0 Å². The smallest absolute Gasteiger partial charge is 0.0853 e. The van der Waals surface area contributed by atoms with Crippen molar-refractivity contribution in [2.75, 3.05) is 6.61 Å². The molecule has 1 fully saturated rings. The van der Waals surface area contributed by atoms with Gasteiger partial charge in [0.15, 0.2) is 0 Å². The van der Waals surface area contributed by atoms with Crippen LogP contribution in [-0.4, -0.2) is 12.7 Å². The molecule has 0 spiro atoms. The quantitative estimate of drug-likeness (QED) is 0.550. The van der Waals surface area contributed by atoms with Gasteiger partial charge in [0, 0.05) is 5.41 Å². The summed E-state index contributed by atoms with van der Waals surface area (Å²) < 4.78 is 6.06. The highest BCUT2D eigenvalue weighted by molar-refractivity contribution is 5.37. The molecule has 0 aromatic carbocycles. The van der Waals surface area contributed by atoms with Crippen LogP contribution in [0, 0.1) is 16.2 Å². The Bertz CT molecular complexity index is 335. The molecule has 0 amide bonds. The summed E-state index contributed by atoms with van der Waals surface area (Å²) in [4.78, 5) is 0. The minimum Gasteiger partial charge on any atom is -0.373 e. The molecule has 1 aliphatic carbocycles. The Kier molecular flexibility index (Phi) is 2.00. The topological polar surface area (TPSA) is 9.23 Å². The lowest BCUT2D eigenvalue weighted by molar-refractivity contribution is 0.0156. The molecule has 1 heterocycles. The van der Waals surface area contributed by atoms with Crippen LogP contribution in [0.5, 0.6) is 0 Å². The average Bonchev–Trinajstić information content (AvgIpc) is 2.43. The lowest BCUT2D eigenvalue weighted by Crippen LogP contribution is -2.46. The third-order valence-electron chi connectivity index (χ3n) is 5.76. The van der Waals surface area contributed by atoms with Gasteiger partial charge in [-0.3, -0.25) is 0 Å². The van der Waals surface area contributed by atoms with E-state index in [-0.39, 0.29) is 16.2 Å². The Balaban J connectivity index is 2.60. The van der Waals surface area contributed by atoms with E-state index in [2.05, 4.69) is 48.5 Å². The molecule has 2 aliphatic rings. The molecule has 0 bridgehead atoms. The van der Waals surface area contributed by atoms with E-state index in [9.17, 15) is 0 Å². The van der Waals surface area contributed by atoms with Crippen LogP contribution >= 0.6 is 0 Å². The van der Waals surface area contributed by atoms with Gasteiger partial charge in [-0.1, -0.05) is 40.2 Å². The maximum absolute atomic E-state index is 6.06. The third kappa shape index (κ3) is 0.982. The first kappa shape index (κ1) is 11.2. The molecule has 1 nitrogen and oxygen atoms in total. The first-order valence-corrected chi connectivity index (χ1v) is 5.96. The van der Waals surface area contributed by atoms with Gasteiger partial charge in [0.25, 0.3) is 0 Å². The van der Waals surface area contributed by atoms with Crippen molar-refractivity contribution in [3.63, 3.8) is 0 Å². The molecule has 0 aromatic rings. The predicted molar refractivity (Wildman–Crippen MR) is 63.8 cm³/mol. The van der Waals surface area contributed by atoms with E-state index in [1.807, 2.05) is 0 Å². The molecule has 0 radical (unpaired) electrons. The van der Waals surface area contributed by atoms with E-state index in [1.165, 1.54) is 11.1 Å². The maximum Gasteiger partial charge on any atom is 0.0853 e. The van der Waals surface area contributed by atoms with Gasteiger partial charge < -0.3 is 4.74 Å². The summed E-state index contributed by atoms with van der Waals surface area (Å²) in [6.07, 6.45) is 0.336. The minimum atomic E-state index is 0.244. The molecular formula is C14H24O. The van der Waals surface area contributed by atoms with Crippen molar-refractivity contribution in [2.24, 2.45) is 16.2 Å². The van der Waals surface area contributed by atoms with Crippen LogP contribution in [-0.2, 0) is 4.74 Å². The minimum absolute atomic E-state index is 0.244. The molecule has 1 heteroatoms. The fourth-order valence-corrected chi connectivity index (χ4v) is 3.77. The molecule has 0 unspecified atom stereocenters. The number of allylic oxidation sites excluding steroid dienone is 1. The maximum atomic E-state index is 6.06. The molecule has 2 rings (SSSR count). The van der Waals surface area contributed by atoms with E-state index in [1.54, 1.807) is 0 Å². The summed E-state index contributed by atoms with van der Waals surface area (Å²) in [5, 5.41) is 0. The fourth-order valence-electron chi connectivity index (χ4n) is 3.77. The SMILES string of the molecule is CC1=C(C)C(C)(C)[C@@]2(C)[C@@H]1OCC2(C)C. The van der Waals surface area contributed by atoms with Crippen molar-refractivity contribution in [1.82, 2.24) is 0 Å². The van der Waals surface area contributed by atoms with Crippen LogP contribution in [0.4, 0.5) is 0 Å². The zero-order valence-corrected chi connectivity index (χ0v) is 11.2. The highest BCUT2D eigenvalue weighted by atomic mass is 16.5. The van der Waals surface area contributed by atoms with Crippen LogP contribution in [0.15, 0.2) is 11.1 Å². The molecular weight excluding hydrogens is 184 g/mol. The second-order valence-electron chi connectivity index (χ2n) is 6.71. The van der Waals surface area contributed by atoms with Crippen molar-refractivity contribution in [3.8, 4) is 0 Å². The average molecular weight is 208 g/mol. The van der Waals surface area contributed by atoms with Crippen LogP contribution in [0.1, 0.15) is 48.5 Å². The van der Waals surface area contributed by atoms with Crippen molar-refractivity contribution in [3.05, 3.63) is 11.1 Å². The Morgan fingerprint density at radius 2 is 1.60 bits per heavy atom. The van der Waals surface area contributed by atoms with Crippen LogP contribution in [0.3, 0.4) is 0 Å². The number of ether oxygens (including phenoxy) is 1. The van der Waals surface area contributed by atoms with Gasteiger partial charge in [-0.05, 0) is 30.3 Å².